The molecule has 1 aliphatic rings. The van der Waals surface area contributed by atoms with Gasteiger partial charge in [-0.2, -0.15) is 4.98 Å². The number of nitrogens with zero attached hydrogens (tertiary/aromatic N) is 2. The minimum absolute atomic E-state index is 0.131. The van der Waals surface area contributed by atoms with Gasteiger partial charge in [-0.05, 0) is 18.8 Å². The van der Waals surface area contributed by atoms with Crippen LogP contribution >= 0.6 is 0 Å². The van der Waals surface area contributed by atoms with Crippen molar-refractivity contribution in [3.8, 4) is 0 Å². The molecule has 1 aliphatic carbocycles. The average molecular weight is 255 g/mol. The SMILES string of the molecule is COC(c1noc([C@H](N)CO)n1)C1CCCCC1. The van der Waals surface area contributed by atoms with Crippen LogP contribution in [-0.2, 0) is 4.74 Å². The molecular formula is C12H21N3O3. The first kappa shape index (κ1) is 13.5. The summed E-state index contributed by atoms with van der Waals surface area (Å²) in [6.07, 6.45) is 5.88. The summed E-state index contributed by atoms with van der Waals surface area (Å²) in [5, 5.41) is 12.9. The molecule has 1 aromatic heterocycles. The Hall–Kier alpha value is -0.980. The van der Waals surface area contributed by atoms with Gasteiger partial charge in [-0.25, -0.2) is 0 Å². The van der Waals surface area contributed by atoms with Crippen LogP contribution in [0.1, 0.15) is 56.0 Å². The molecule has 18 heavy (non-hydrogen) atoms. The molecule has 0 aliphatic heterocycles. The standard InChI is InChI=1S/C12H21N3O3/c1-17-10(8-5-3-2-4-6-8)11-14-12(18-15-11)9(13)7-16/h8-10,16H,2-7,13H2,1H3/t9-,10?/m1/s1. The van der Waals surface area contributed by atoms with Gasteiger partial charge in [-0.15, -0.1) is 0 Å². The van der Waals surface area contributed by atoms with Crippen LogP contribution in [0.3, 0.4) is 0 Å². The lowest BCUT2D eigenvalue weighted by Gasteiger charge is -2.26. The quantitative estimate of drug-likeness (QED) is 0.824. The average Bonchev–Trinajstić information content (AvgIpc) is 2.89. The van der Waals surface area contributed by atoms with E-state index in [2.05, 4.69) is 10.1 Å². The molecule has 102 valence electrons. The predicted octanol–water partition coefficient (Wildman–Crippen LogP) is 1.33. The third-order valence-electron chi connectivity index (χ3n) is 3.56. The van der Waals surface area contributed by atoms with E-state index in [-0.39, 0.29) is 18.6 Å². The van der Waals surface area contributed by atoms with Gasteiger partial charge in [0.05, 0.1) is 6.61 Å². The molecule has 1 aromatic rings. The van der Waals surface area contributed by atoms with E-state index in [0.29, 0.717) is 11.7 Å². The fourth-order valence-corrected chi connectivity index (χ4v) is 2.54. The van der Waals surface area contributed by atoms with Crippen molar-refractivity contribution >= 4 is 0 Å². The summed E-state index contributed by atoms with van der Waals surface area (Å²) in [5.41, 5.74) is 5.64. The van der Waals surface area contributed by atoms with Crippen LogP contribution in [0.4, 0.5) is 0 Å². The Balaban J connectivity index is 2.09. The van der Waals surface area contributed by atoms with Gasteiger partial charge in [-0.3, -0.25) is 0 Å². The third-order valence-corrected chi connectivity index (χ3v) is 3.56. The summed E-state index contributed by atoms with van der Waals surface area (Å²) in [6.45, 7) is -0.206. The van der Waals surface area contributed by atoms with Crippen molar-refractivity contribution in [2.45, 2.75) is 44.2 Å². The molecule has 1 heterocycles. The fourth-order valence-electron chi connectivity index (χ4n) is 2.54. The van der Waals surface area contributed by atoms with Crippen molar-refractivity contribution in [1.29, 1.82) is 0 Å². The highest BCUT2D eigenvalue weighted by atomic mass is 16.5. The maximum atomic E-state index is 8.96. The van der Waals surface area contributed by atoms with Crippen LogP contribution in [0.15, 0.2) is 4.52 Å². The van der Waals surface area contributed by atoms with Gasteiger partial charge in [0, 0.05) is 7.11 Å². The van der Waals surface area contributed by atoms with Crippen LogP contribution in [0.25, 0.3) is 0 Å². The molecule has 1 unspecified atom stereocenters. The summed E-state index contributed by atoms with van der Waals surface area (Å²) in [7, 11) is 1.67. The highest BCUT2D eigenvalue weighted by molar-refractivity contribution is 4.97. The lowest BCUT2D eigenvalue weighted by molar-refractivity contribution is 0.0273. The van der Waals surface area contributed by atoms with Crippen molar-refractivity contribution < 1.29 is 14.4 Å². The summed E-state index contributed by atoms with van der Waals surface area (Å²) in [5.74, 6) is 1.26. The largest absolute Gasteiger partial charge is 0.394 e. The number of methoxy groups -OCH3 is 1. The molecule has 0 spiro atoms. The summed E-state index contributed by atoms with van der Waals surface area (Å²) >= 11 is 0. The highest BCUT2D eigenvalue weighted by Crippen LogP contribution is 2.35. The number of aliphatic hydroxyl groups is 1. The zero-order valence-electron chi connectivity index (χ0n) is 10.7. The molecule has 0 radical (unpaired) electrons. The topological polar surface area (TPSA) is 94.4 Å². The maximum absolute atomic E-state index is 8.96. The van der Waals surface area contributed by atoms with E-state index in [0.717, 1.165) is 12.8 Å². The van der Waals surface area contributed by atoms with E-state index in [1.54, 1.807) is 7.11 Å². The minimum atomic E-state index is -0.616. The number of rotatable bonds is 5. The van der Waals surface area contributed by atoms with E-state index in [1.165, 1.54) is 19.3 Å². The second-order valence-corrected chi connectivity index (χ2v) is 4.83. The molecule has 6 nitrogen and oxygen atoms in total. The first-order valence-corrected chi connectivity index (χ1v) is 6.49. The number of aliphatic hydroxyl groups excluding tert-OH is 1. The van der Waals surface area contributed by atoms with Crippen molar-refractivity contribution in [3.05, 3.63) is 11.7 Å². The Bertz CT molecular complexity index is 363. The van der Waals surface area contributed by atoms with Gasteiger partial charge < -0.3 is 20.1 Å². The lowest BCUT2D eigenvalue weighted by atomic mass is 9.85. The van der Waals surface area contributed by atoms with Crippen LogP contribution in [-0.4, -0.2) is 29.0 Å². The zero-order chi connectivity index (χ0) is 13.0. The summed E-state index contributed by atoms with van der Waals surface area (Å²) in [4.78, 5) is 4.24. The first-order valence-electron chi connectivity index (χ1n) is 6.49. The van der Waals surface area contributed by atoms with Crippen molar-refractivity contribution in [2.24, 2.45) is 11.7 Å². The normalized spacial score (nSPS) is 20.8. The summed E-state index contributed by atoms with van der Waals surface area (Å²) in [6, 6.07) is -0.616. The smallest absolute Gasteiger partial charge is 0.246 e. The molecule has 1 saturated carbocycles. The van der Waals surface area contributed by atoms with E-state index in [4.69, 9.17) is 20.1 Å². The molecule has 3 N–H and O–H groups in total. The van der Waals surface area contributed by atoms with Gasteiger partial charge in [0.25, 0.3) is 0 Å². The Morgan fingerprint density at radius 1 is 1.44 bits per heavy atom. The van der Waals surface area contributed by atoms with Gasteiger partial charge in [0.2, 0.25) is 11.7 Å². The van der Waals surface area contributed by atoms with Crippen LogP contribution < -0.4 is 5.73 Å². The van der Waals surface area contributed by atoms with E-state index in [9.17, 15) is 0 Å². The first-order chi connectivity index (χ1) is 8.76. The molecule has 6 heteroatoms. The Morgan fingerprint density at radius 2 is 2.17 bits per heavy atom. The molecule has 2 rings (SSSR count). The van der Waals surface area contributed by atoms with Crippen molar-refractivity contribution in [3.63, 3.8) is 0 Å². The van der Waals surface area contributed by atoms with Gasteiger partial charge in [-0.1, -0.05) is 24.4 Å². The van der Waals surface area contributed by atoms with Crippen molar-refractivity contribution in [2.75, 3.05) is 13.7 Å². The monoisotopic (exact) mass is 255 g/mol. The fraction of sp³-hybridized carbons (Fsp3) is 0.833. The Labute approximate surface area is 107 Å². The van der Waals surface area contributed by atoms with E-state index >= 15 is 0 Å². The number of hydrogen-bond acceptors (Lipinski definition) is 6. The molecule has 1 fully saturated rings. The van der Waals surface area contributed by atoms with Gasteiger partial charge >= 0.3 is 0 Å². The molecule has 0 saturated heterocycles. The second-order valence-electron chi connectivity index (χ2n) is 4.83. The maximum Gasteiger partial charge on any atom is 0.246 e. The molecule has 0 aromatic carbocycles. The third kappa shape index (κ3) is 2.88. The summed E-state index contributed by atoms with van der Waals surface area (Å²) < 4.78 is 10.6. The van der Waals surface area contributed by atoms with E-state index in [1.807, 2.05) is 0 Å². The zero-order valence-corrected chi connectivity index (χ0v) is 10.7. The van der Waals surface area contributed by atoms with Crippen LogP contribution in [0.5, 0.6) is 0 Å². The number of ether oxygens (including phenoxy) is 1. The number of hydrogen-bond donors (Lipinski definition) is 2. The van der Waals surface area contributed by atoms with E-state index < -0.39 is 6.04 Å². The van der Waals surface area contributed by atoms with Crippen molar-refractivity contribution in [1.82, 2.24) is 10.1 Å². The Morgan fingerprint density at radius 3 is 2.78 bits per heavy atom. The minimum Gasteiger partial charge on any atom is -0.394 e. The Kier molecular flexibility index (Phi) is 4.68. The molecule has 0 bridgehead atoms. The number of nitrogens with two attached hydrogens (primary N) is 1. The van der Waals surface area contributed by atoms with Gasteiger partial charge in [0.15, 0.2) is 0 Å². The molecule has 2 atom stereocenters. The van der Waals surface area contributed by atoms with Crippen LogP contribution in [0.2, 0.25) is 0 Å². The molecular weight excluding hydrogens is 234 g/mol. The van der Waals surface area contributed by atoms with Gasteiger partial charge in [0.1, 0.15) is 12.1 Å². The number of aromatic nitrogens is 2. The predicted molar refractivity (Wildman–Crippen MR) is 64.6 cm³/mol. The second kappa shape index (κ2) is 6.26. The van der Waals surface area contributed by atoms with Crippen LogP contribution in [0, 0.1) is 5.92 Å². The molecule has 0 amide bonds. The highest BCUT2D eigenvalue weighted by Gasteiger charge is 2.29. The lowest BCUT2D eigenvalue weighted by Crippen LogP contribution is -2.19.